The fourth-order valence-corrected chi connectivity index (χ4v) is 1.58. The van der Waals surface area contributed by atoms with Crippen LogP contribution < -0.4 is 0 Å². The van der Waals surface area contributed by atoms with Crippen molar-refractivity contribution in [1.82, 2.24) is 0 Å². The summed E-state index contributed by atoms with van der Waals surface area (Å²) < 4.78 is 5.21. The average Bonchev–Trinajstić information content (AvgIpc) is 2.67. The van der Waals surface area contributed by atoms with E-state index < -0.39 is 11.4 Å². The van der Waals surface area contributed by atoms with Gasteiger partial charge in [-0.2, -0.15) is 0 Å². The van der Waals surface area contributed by atoms with Gasteiger partial charge in [-0.15, -0.1) is 0 Å². The Hall–Kier alpha value is -0.830. The van der Waals surface area contributed by atoms with Crippen molar-refractivity contribution in [2.45, 2.75) is 25.6 Å². The molecule has 3 unspecified atom stereocenters. The topological polar surface area (TPSA) is 49.8 Å². The minimum absolute atomic E-state index is 0.0787. The lowest BCUT2D eigenvalue weighted by molar-refractivity contribution is -0.146. The maximum Gasteiger partial charge on any atom is 0.315 e. The molecule has 1 aliphatic heterocycles. The van der Waals surface area contributed by atoms with Crippen LogP contribution in [-0.4, -0.2) is 23.3 Å². The highest BCUT2D eigenvalue weighted by Gasteiger charge is 2.56. The lowest BCUT2D eigenvalue weighted by Gasteiger charge is -2.20. The number of carboxylic acids is 1. The summed E-state index contributed by atoms with van der Waals surface area (Å²) in [6, 6.07) is 0. The largest absolute Gasteiger partial charge is 0.481 e. The van der Waals surface area contributed by atoms with Crippen LogP contribution in [0.3, 0.4) is 0 Å². The first kappa shape index (κ1) is 6.85. The van der Waals surface area contributed by atoms with E-state index in [1.54, 1.807) is 13.0 Å². The minimum atomic E-state index is -0.791. The molecule has 0 aromatic carbocycles. The van der Waals surface area contributed by atoms with Gasteiger partial charge < -0.3 is 9.84 Å². The molecule has 1 aliphatic carbocycles. The van der Waals surface area contributed by atoms with Gasteiger partial charge >= 0.3 is 5.97 Å². The number of epoxide rings is 1. The van der Waals surface area contributed by atoms with Gasteiger partial charge in [0, 0.05) is 0 Å². The molecule has 0 aromatic heterocycles. The lowest BCUT2D eigenvalue weighted by atomic mass is 9.81. The summed E-state index contributed by atoms with van der Waals surface area (Å²) in [5.41, 5.74) is -0.775. The molecule has 0 spiro atoms. The monoisotopic (exact) mass is 154 g/mol. The highest BCUT2D eigenvalue weighted by molar-refractivity contribution is 5.78. The van der Waals surface area contributed by atoms with Crippen LogP contribution in [0.25, 0.3) is 0 Å². The number of carboxylic acid groups (broad SMARTS) is 1. The first-order chi connectivity index (χ1) is 5.14. The maximum absolute atomic E-state index is 10.8. The molecule has 60 valence electrons. The minimum Gasteiger partial charge on any atom is -0.481 e. The Labute approximate surface area is 64.7 Å². The second kappa shape index (κ2) is 1.85. The van der Waals surface area contributed by atoms with Crippen molar-refractivity contribution in [1.29, 1.82) is 0 Å². The second-order valence-corrected chi connectivity index (χ2v) is 3.32. The van der Waals surface area contributed by atoms with Crippen molar-refractivity contribution >= 4 is 5.97 Å². The van der Waals surface area contributed by atoms with Gasteiger partial charge in [0.15, 0.2) is 0 Å². The third kappa shape index (κ3) is 0.807. The molecule has 3 nitrogen and oxygen atoms in total. The van der Waals surface area contributed by atoms with Crippen LogP contribution in [0.2, 0.25) is 0 Å². The Bertz CT molecular complexity index is 233. The molecule has 2 rings (SSSR count). The predicted molar refractivity (Wildman–Crippen MR) is 38.2 cm³/mol. The maximum atomic E-state index is 10.8. The van der Waals surface area contributed by atoms with Gasteiger partial charge in [0.2, 0.25) is 0 Å². The molecular formula is C8H10O3. The van der Waals surface area contributed by atoms with Crippen molar-refractivity contribution in [2.24, 2.45) is 5.41 Å². The molecule has 0 radical (unpaired) electrons. The summed E-state index contributed by atoms with van der Waals surface area (Å²) in [5, 5.41) is 8.86. The van der Waals surface area contributed by atoms with E-state index in [4.69, 9.17) is 9.84 Å². The number of ether oxygens (including phenoxy) is 1. The van der Waals surface area contributed by atoms with Gasteiger partial charge in [0.25, 0.3) is 0 Å². The Morgan fingerprint density at radius 2 is 2.55 bits per heavy atom. The predicted octanol–water partition coefficient (Wildman–Crippen LogP) is 0.805. The molecule has 11 heavy (non-hydrogen) atoms. The Balaban J connectivity index is 2.29. The van der Waals surface area contributed by atoms with Crippen LogP contribution in [0.5, 0.6) is 0 Å². The van der Waals surface area contributed by atoms with Crippen LogP contribution >= 0.6 is 0 Å². The average molecular weight is 154 g/mol. The molecule has 1 N–H and O–H groups in total. The molecule has 0 saturated carbocycles. The van der Waals surface area contributed by atoms with Crippen LogP contribution in [-0.2, 0) is 9.53 Å². The molecule has 0 aromatic rings. The fraction of sp³-hybridized carbons (Fsp3) is 0.625. The molecule has 0 amide bonds. The lowest BCUT2D eigenvalue weighted by Crippen LogP contribution is -2.33. The first-order valence-electron chi connectivity index (χ1n) is 3.71. The van der Waals surface area contributed by atoms with E-state index in [0.717, 1.165) is 6.42 Å². The summed E-state index contributed by atoms with van der Waals surface area (Å²) in [6.07, 6.45) is 4.59. The molecule has 1 fully saturated rings. The van der Waals surface area contributed by atoms with Crippen LogP contribution in [0.1, 0.15) is 13.3 Å². The Morgan fingerprint density at radius 1 is 1.82 bits per heavy atom. The third-order valence-corrected chi connectivity index (χ3v) is 2.47. The van der Waals surface area contributed by atoms with Gasteiger partial charge in [0.05, 0.1) is 6.10 Å². The van der Waals surface area contributed by atoms with Gasteiger partial charge in [-0.05, 0) is 13.3 Å². The Morgan fingerprint density at radius 3 is 3.09 bits per heavy atom. The normalized spacial score (nSPS) is 46.6. The SMILES string of the molecule is CC1(C(=O)O)C=CCC2OC21. The molecule has 1 saturated heterocycles. The highest BCUT2D eigenvalue weighted by atomic mass is 16.6. The number of carbonyl (C=O) groups is 1. The quantitative estimate of drug-likeness (QED) is 0.449. The van der Waals surface area contributed by atoms with Crippen molar-refractivity contribution in [2.75, 3.05) is 0 Å². The molecule has 1 heterocycles. The standard InChI is InChI=1S/C8H10O3/c1-8(7(9)10)4-2-3-5-6(8)11-5/h2,4-6H,3H2,1H3,(H,9,10). The van der Waals surface area contributed by atoms with E-state index in [9.17, 15) is 4.79 Å². The number of fused-ring (bicyclic) bond motifs is 1. The number of hydrogen-bond donors (Lipinski definition) is 1. The Kier molecular flexibility index (Phi) is 1.16. The third-order valence-electron chi connectivity index (χ3n) is 2.47. The van der Waals surface area contributed by atoms with E-state index in [-0.39, 0.29) is 12.2 Å². The molecule has 2 aliphatic rings. The van der Waals surface area contributed by atoms with Crippen LogP contribution in [0, 0.1) is 5.41 Å². The zero-order valence-electron chi connectivity index (χ0n) is 6.28. The van der Waals surface area contributed by atoms with E-state index >= 15 is 0 Å². The van der Waals surface area contributed by atoms with E-state index in [0.29, 0.717) is 0 Å². The van der Waals surface area contributed by atoms with E-state index in [2.05, 4.69) is 0 Å². The summed E-state index contributed by atoms with van der Waals surface area (Å²) >= 11 is 0. The van der Waals surface area contributed by atoms with Gasteiger partial charge in [-0.3, -0.25) is 4.79 Å². The van der Waals surface area contributed by atoms with Crippen LogP contribution in [0.15, 0.2) is 12.2 Å². The van der Waals surface area contributed by atoms with Gasteiger partial charge in [-0.1, -0.05) is 12.2 Å². The number of aliphatic carboxylic acids is 1. The summed E-state index contributed by atoms with van der Waals surface area (Å²) in [4.78, 5) is 10.8. The van der Waals surface area contributed by atoms with Crippen molar-refractivity contribution in [3.05, 3.63) is 12.2 Å². The van der Waals surface area contributed by atoms with Gasteiger partial charge in [0.1, 0.15) is 11.5 Å². The van der Waals surface area contributed by atoms with Crippen molar-refractivity contribution < 1.29 is 14.6 Å². The van der Waals surface area contributed by atoms with Gasteiger partial charge in [-0.25, -0.2) is 0 Å². The summed E-state index contributed by atoms with van der Waals surface area (Å²) in [7, 11) is 0. The molecular weight excluding hydrogens is 144 g/mol. The second-order valence-electron chi connectivity index (χ2n) is 3.32. The number of rotatable bonds is 1. The zero-order valence-corrected chi connectivity index (χ0v) is 6.28. The molecule has 0 bridgehead atoms. The molecule has 3 atom stereocenters. The highest BCUT2D eigenvalue weighted by Crippen LogP contribution is 2.45. The smallest absolute Gasteiger partial charge is 0.315 e. The fourth-order valence-electron chi connectivity index (χ4n) is 1.58. The van der Waals surface area contributed by atoms with Crippen molar-refractivity contribution in [3.8, 4) is 0 Å². The van der Waals surface area contributed by atoms with E-state index in [1.807, 2.05) is 6.08 Å². The van der Waals surface area contributed by atoms with E-state index in [1.165, 1.54) is 0 Å². The summed E-state index contributed by atoms with van der Waals surface area (Å²) in [6.45, 7) is 1.70. The van der Waals surface area contributed by atoms with Crippen molar-refractivity contribution in [3.63, 3.8) is 0 Å². The number of hydrogen-bond acceptors (Lipinski definition) is 2. The zero-order chi connectivity index (χ0) is 8.06. The molecule has 3 heteroatoms. The van der Waals surface area contributed by atoms with Crippen LogP contribution in [0.4, 0.5) is 0 Å². The first-order valence-corrected chi connectivity index (χ1v) is 3.71. The summed E-state index contributed by atoms with van der Waals surface area (Å²) in [5.74, 6) is -0.791.